The Morgan fingerprint density at radius 1 is 1.00 bits per heavy atom. The van der Waals surface area contributed by atoms with Crippen molar-refractivity contribution in [3.63, 3.8) is 0 Å². The Morgan fingerprint density at radius 3 is 2.26 bits per heavy atom. The van der Waals surface area contributed by atoms with Crippen molar-refractivity contribution in [1.29, 1.82) is 0 Å². The van der Waals surface area contributed by atoms with Crippen LogP contribution in [0, 0.1) is 23.7 Å². The second kappa shape index (κ2) is 12.4. The summed E-state index contributed by atoms with van der Waals surface area (Å²) in [4.78, 5) is 0.879. The molecule has 1 fully saturated rings. The van der Waals surface area contributed by atoms with Crippen LogP contribution in [0.15, 0.2) is 65.6 Å². The molecule has 0 aliphatic carbocycles. The minimum atomic E-state index is -1.05. The highest BCUT2D eigenvalue weighted by Gasteiger charge is 2.38. The average Bonchev–Trinajstić information content (AvgIpc) is 2.82. The first-order valence-electron chi connectivity index (χ1n) is 12.6. The first-order chi connectivity index (χ1) is 16.2. The minimum absolute atomic E-state index is 0.00141. The van der Waals surface area contributed by atoms with E-state index < -0.39 is 16.6 Å². The molecule has 0 saturated carbocycles. The molecule has 1 unspecified atom stereocenters. The molecule has 4 nitrogen and oxygen atoms in total. The highest BCUT2D eigenvalue weighted by Crippen LogP contribution is 2.35. The van der Waals surface area contributed by atoms with E-state index in [1.54, 1.807) is 0 Å². The fourth-order valence-corrected chi connectivity index (χ4v) is 6.42. The molecule has 1 aliphatic rings. The molecular formula is C29H42O4S. The van der Waals surface area contributed by atoms with Gasteiger partial charge in [-0.05, 0) is 55.7 Å². The van der Waals surface area contributed by atoms with E-state index in [0.717, 1.165) is 23.5 Å². The van der Waals surface area contributed by atoms with Crippen molar-refractivity contribution in [2.45, 2.75) is 77.5 Å². The lowest BCUT2D eigenvalue weighted by molar-refractivity contribution is -0.300. The fraction of sp³-hybridized carbons (Fsp3) is 0.586. The van der Waals surface area contributed by atoms with E-state index in [9.17, 15) is 4.21 Å². The van der Waals surface area contributed by atoms with Gasteiger partial charge in [-0.3, -0.25) is 4.21 Å². The molecular weight excluding hydrogens is 444 g/mol. The molecule has 5 heteroatoms. The molecule has 2 aromatic carbocycles. The number of rotatable bonds is 11. The van der Waals surface area contributed by atoms with Crippen LogP contribution < -0.4 is 0 Å². The maximum atomic E-state index is 13.1. The lowest BCUT2D eigenvalue weighted by Gasteiger charge is -2.43. The van der Waals surface area contributed by atoms with E-state index in [-0.39, 0.29) is 18.1 Å². The van der Waals surface area contributed by atoms with Crippen molar-refractivity contribution in [2.24, 2.45) is 23.7 Å². The molecule has 0 amide bonds. The Morgan fingerprint density at radius 2 is 1.62 bits per heavy atom. The summed E-state index contributed by atoms with van der Waals surface area (Å²) in [6.45, 7) is 14.2. The normalized spacial score (nSPS) is 24.6. The average molecular weight is 487 g/mol. The monoisotopic (exact) mass is 486 g/mol. The summed E-state index contributed by atoms with van der Waals surface area (Å²) in [5.41, 5.74) is 1.16. The van der Waals surface area contributed by atoms with Crippen molar-refractivity contribution in [2.75, 3.05) is 12.4 Å². The molecule has 1 heterocycles. The fourth-order valence-electron chi connectivity index (χ4n) is 5.09. The molecule has 0 radical (unpaired) electrons. The Kier molecular flexibility index (Phi) is 9.90. The van der Waals surface area contributed by atoms with Crippen molar-refractivity contribution in [3.05, 3.63) is 66.2 Å². The van der Waals surface area contributed by atoms with Gasteiger partial charge in [0, 0.05) is 16.6 Å². The van der Waals surface area contributed by atoms with Crippen molar-refractivity contribution in [3.8, 4) is 0 Å². The summed E-state index contributed by atoms with van der Waals surface area (Å²) in [6, 6.07) is 20.0. The summed E-state index contributed by atoms with van der Waals surface area (Å²) >= 11 is 0. The van der Waals surface area contributed by atoms with Gasteiger partial charge in [0.25, 0.3) is 0 Å². The molecule has 0 aromatic heterocycles. The summed E-state index contributed by atoms with van der Waals surface area (Å²) < 4.78 is 31.8. The minimum Gasteiger partial charge on any atom is -0.373 e. The maximum absolute atomic E-state index is 13.1. The van der Waals surface area contributed by atoms with E-state index in [0.29, 0.717) is 30.1 Å². The van der Waals surface area contributed by atoms with Crippen LogP contribution in [0.25, 0.3) is 0 Å². The molecule has 188 valence electrons. The largest absolute Gasteiger partial charge is 0.373 e. The molecule has 2 aromatic rings. The third-order valence-corrected chi connectivity index (χ3v) is 8.43. The van der Waals surface area contributed by atoms with Crippen LogP contribution in [0.4, 0.5) is 0 Å². The Labute approximate surface area is 208 Å². The molecule has 1 saturated heterocycles. The molecule has 3 rings (SSSR count). The Bertz CT molecular complexity index is 886. The van der Waals surface area contributed by atoms with Gasteiger partial charge in [0.2, 0.25) is 0 Å². The molecule has 0 spiro atoms. The SMILES string of the molecule is C[C@H](C[C@@H](C)[C@@H]1OC(C)(C)OC[C@H]1C)[C@@H](OCc1ccccc1)[C@H](C)CS(=O)c1ccccc1. The summed E-state index contributed by atoms with van der Waals surface area (Å²) in [5.74, 6) is 1.20. The maximum Gasteiger partial charge on any atom is 0.163 e. The highest BCUT2D eigenvalue weighted by molar-refractivity contribution is 7.85. The molecule has 0 bridgehead atoms. The van der Waals surface area contributed by atoms with E-state index in [2.05, 4.69) is 39.8 Å². The van der Waals surface area contributed by atoms with Gasteiger partial charge in [0.15, 0.2) is 5.79 Å². The third-order valence-electron chi connectivity index (χ3n) is 6.81. The van der Waals surface area contributed by atoms with Gasteiger partial charge in [-0.2, -0.15) is 0 Å². The van der Waals surface area contributed by atoms with E-state index in [4.69, 9.17) is 14.2 Å². The van der Waals surface area contributed by atoms with Gasteiger partial charge in [0.05, 0.1) is 36.2 Å². The first kappa shape index (κ1) is 27.1. The quantitative estimate of drug-likeness (QED) is 0.365. The van der Waals surface area contributed by atoms with Gasteiger partial charge in [0.1, 0.15) is 0 Å². The smallest absolute Gasteiger partial charge is 0.163 e. The number of benzene rings is 2. The zero-order valence-corrected chi connectivity index (χ0v) is 22.4. The number of ether oxygens (including phenoxy) is 3. The van der Waals surface area contributed by atoms with Crippen LogP contribution in [0.1, 0.15) is 53.5 Å². The van der Waals surface area contributed by atoms with Gasteiger partial charge in [-0.15, -0.1) is 0 Å². The molecule has 34 heavy (non-hydrogen) atoms. The summed E-state index contributed by atoms with van der Waals surface area (Å²) in [7, 11) is -1.05. The summed E-state index contributed by atoms with van der Waals surface area (Å²) in [6.07, 6.45) is 1.13. The van der Waals surface area contributed by atoms with Crippen LogP contribution in [-0.2, 0) is 31.6 Å². The van der Waals surface area contributed by atoms with Crippen molar-refractivity contribution in [1.82, 2.24) is 0 Å². The van der Waals surface area contributed by atoms with E-state index in [1.165, 1.54) is 0 Å². The topological polar surface area (TPSA) is 44.8 Å². The Balaban J connectivity index is 1.70. The highest BCUT2D eigenvalue weighted by atomic mass is 32.2. The van der Waals surface area contributed by atoms with Gasteiger partial charge < -0.3 is 14.2 Å². The second-order valence-corrected chi connectivity index (χ2v) is 12.0. The lowest BCUT2D eigenvalue weighted by Crippen LogP contribution is -2.48. The van der Waals surface area contributed by atoms with Gasteiger partial charge in [-0.25, -0.2) is 0 Å². The molecule has 7 atom stereocenters. The second-order valence-electron chi connectivity index (χ2n) is 10.5. The predicted molar refractivity (Wildman–Crippen MR) is 139 cm³/mol. The van der Waals surface area contributed by atoms with E-state index in [1.807, 2.05) is 62.4 Å². The van der Waals surface area contributed by atoms with Gasteiger partial charge in [-0.1, -0.05) is 76.2 Å². The number of hydrogen-bond acceptors (Lipinski definition) is 4. The summed E-state index contributed by atoms with van der Waals surface area (Å²) in [5, 5.41) is 0. The predicted octanol–water partition coefficient (Wildman–Crippen LogP) is 6.47. The zero-order chi connectivity index (χ0) is 24.7. The molecule has 1 aliphatic heterocycles. The van der Waals surface area contributed by atoms with Crippen LogP contribution in [0.3, 0.4) is 0 Å². The lowest BCUT2D eigenvalue weighted by atomic mass is 9.82. The Hall–Kier alpha value is -1.53. The van der Waals surface area contributed by atoms with Crippen molar-refractivity contribution < 1.29 is 18.4 Å². The van der Waals surface area contributed by atoms with Crippen LogP contribution in [0.5, 0.6) is 0 Å². The van der Waals surface area contributed by atoms with Crippen LogP contribution in [0.2, 0.25) is 0 Å². The van der Waals surface area contributed by atoms with Gasteiger partial charge >= 0.3 is 0 Å². The van der Waals surface area contributed by atoms with Crippen LogP contribution in [-0.4, -0.2) is 34.6 Å². The molecule has 0 N–H and O–H groups in total. The standard InChI is InChI=1S/C29H42O4S/c1-21(17-22(2)28-23(3)18-32-29(5,6)33-28)27(31-19-25-13-9-7-10-14-25)24(4)20-34(30)26-15-11-8-12-16-26/h7-16,21-24,27-28H,17-20H2,1-6H3/t21-,22-,23-,24-,27-,28+,34?/m1/s1. The zero-order valence-electron chi connectivity index (χ0n) is 21.6. The van der Waals surface area contributed by atoms with Crippen LogP contribution >= 0.6 is 0 Å². The number of hydrogen-bond donors (Lipinski definition) is 0. The first-order valence-corrected chi connectivity index (χ1v) is 13.9. The third kappa shape index (κ3) is 7.74. The van der Waals surface area contributed by atoms with E-state index >= 15 is 0 Å². The van der Waals surface area contributed by atoms with Crippen molar-refractivity contribution >= 4 is 10.8 Å².